The van der Waals surface area contributed by atoms with Gasteiger partial charge in [-0.2, -0.15) is 0 Å². The van der Waals surface area contributed by atoms with Gasteiger partial charge in [0, 0.05) is 36.0 Å². The van der Waals surface area contributed by atoms with Crippen molar-refractivity contribution in [2.24, 2.45) is 0 Å². The molecule has 1 aromatic rings. The van der Waals surface area contributed by atoms with Crippen LogP contribution in [0.5, 0.6) is 0 Å². The second kappa shape index (κ2) is 7.29. The normalized spacial score (nSPS) is 16.1. The van der Waals surface area contributed by atoms with Crippen LogP contribution in [0.2, 0.25) is 0 Å². The summed E-state index contributed by atoms with van der Waals surface area (Å²) in [5.74, 6) is -0.0185. The van der Waals surface area contributed by atoms with E-state index in [-0.39, 0.29) is 11.9 Å². The number of ether oxygens (including phenoxy) is 1. The lowest BCUT2D eigenvalue weighted by molar-refractivity contribution is 0.0473. The number of piperidine rings is 1. The van der Waals surface area contributed by atoms with Gasteiger partial charge in [-0.25, -0.2) is 4.79 Å². The lowest BCUT2D eigenvalue weighted by Gasteiger charge is -2.33. The molecule has 126 valence electrons. The third kappa shape index (κ3) is 5.20. The standard InChI is InChI=1S/C16H22BrN3O3/c1-16(2,3)23-15(22)19-11-5-8-20(9-6-11)14(21)12-4-7-18-10-13(12)17/h4,7,10-11H,5-6,8-9H2,1-3H3,(H,19,22). The number of rotatable bonds is 2. The van der Waals surface area contributed by atoms with Gasteiger partial charge >= 0.3 is 6.09 Å². The minimum Gasteiger partial charge on any atom is -0.444 e. The van der Waals surface area contributed by atoms with Gasteiger partial charge in [-0.05, 0) is 55.6 Å². The first-order chi connectivity index (χ1) is 10.8. The third-order valence-corrected chi connectivity index (χ3v) is 4.14. The Kier molecular flexibility index (Phi) is 5.62. The van der Waals surface area contributed by atoms with E-state index in [4.69, 9.17) is 4.74 Å². The molecule has 1 aliphatic rings. The highest BCUT2D eigenvalue weighted by Gasteiger charge is 2.26. The van der Waals surface area contributed by atoms with Crippen LogP contribution in [-0.2, 0) is 4.74 Å². The fraction of sp³-hybridized carbons (Fsp3) is 0.562. The monoisotopic (exact) mass is 383 g/mol. The summed E-state index contributed by atoms with van der Waals surface area (Å²) >= 11 is 3.35. The van der Waals surface area contributed by atoms with Gasteiger partial charge < -0.3 is 15.0 Å². The summed E-state index contributed by atoms with van der Waals surface area (Å²) in [6, 6.07) is 1.74. The molecule has 2 rings (SSSR count). The number of nitrogens with one attached hydrogen (secondary N) is 1. The SMILES string of the molecule is CC(C)(C)OC(=O)NC1CCN(C(=O)c2ccncc2Br)CC1. The third-order valence-electron chi connectivity index (χ3n) is 3.51. The molecule has 0 aliphatic carbocycles. The molecule has 0 unspecified atom stereocenters. The highest BCUT2D eigenvalue weighted by atomic mass is 79.9. The molecule has 7 heteroatoms. The highest BCUT2D eigenvalue weighted by molar-refractivity contribution is 9.10. The molecule has 2 amide bonds. The molecule has 1 saturated heterocycles. The number of alkyl carbamates (subject to hydrolysis) is 1. The number of hydrogen-bond acceptors (Lipinski definition) is 4. The van der Waals surface area contributed by atoms with E-state index in [1.54, 1.807) is 23.4 Å². The number of likely N-dealkylation sites (tertiary alicyclic amines) is 1. The average Bonchev–Trinajstić information content (AvgIpc) is 2.46. The number of carbonyl (C=O) groups is 2. The molecule has 0 bridgehead atoms. The molecule has 1 aliphatic heterocycles. The molecule has 1 N–H and O–H groups in total. The van der Waals surface area contributed by atoms with E-state index in [0.29, 0.717) is 36.0 Å². The van der Waals surface area contributed by atoms with Crippen molar-refractivity contribution >= 4 is 27.9 Å². The number of aromatic nitrogens is 1. The first-order valence-electron chi connectivity index (χ1n) is 7.64. The fourth-order valence-electron chi connectivity index (χ4n) is 2.42. The predicted molar refractivity (Wildman–Crippen MR) is 90.2 cm³/mol. The zero-order valence-corrected chi connectivity index (χ0v) is 15.2. The number of carbonyl (C=O) groups excluding carboxylic acids is 2. The van der Waals surface area contributed by atoms with E-state index >= 15 is 0 Å². The van der Waals surface area contributed by atoms with Crippen LogP contribution in [0, 0.1) is 0 Å². The zero-order chi connectivity index (χ0) is 17.0. The Bertz CT molecular complexity index is 578. The van der Waals surface area contributed by atoms with Gasteiger partial charge in [-0.3, -0.25) is 9.78 Å². The van der Waals surface area contributed by atoms with E-state index in [1.807, 2.05) is 20.8 Å². The smallest absolute Gasteiger partial charge is 0.407 e. The van der Waals surface area contributed by atoms with E-state index in [2.05, 4.69) is 26.2 Å². The molecule has 0 aromatic carbocycles. The van der Waals surface area contributed by atoms with Crippen molar-refractivity contribution in [3.8, 4) is 0 Å². The van der Waals surface area contributed by atoms with E-state index < -0.39 is 11.7 Å². The molecule has 1 aromatic heterocycles. The number of pyridine rings is 1. The highest BCUT2D eigenvalue weighted by Crippen LogP contribution is 2.20. The molecule has 0 spiro atoms. The lowest BCUT2D eigenvalue weighted by atomic mass is 10.0. The Hall–Kier alpha value is -1.63. The maximum atomic E-state index is 12.5. The van der Waals surface area contributed by atoms with Gasteiger partial charge in [0.1, 0.15) is 5.60 Å². The van der Waals surface area contributed by atoms with Crippen molar-refractivity contribution in [3.63, 3.8) is 0 Å². The van der Waals surface area contributed by atoms with E-state index in [9.17, 15) is 9.59 Å². The van der Waals surface area contributed by atoms with Gasteiger partial charge in [0.2, 0.25) is 0 Å². The minimum absolute atomic E-state index is 0.0185. The first-order valence-corrected chi connectivity index (χ1v) is 8.44. The van der Waals surface area contributed by atoms with Crippen LogP contribution in [0.3, 0.4) is 0 Å². The lowest BCUT2D eigenvalue weighted by Crippen LogP contribution is -2.47. The Labute approximate surface area is 144 Å². The molecular formula is C16H22BrN3O3. The van der Waals surface area contributed by atoms with Crippen molar-refractivity contribution in [1.82, 2.24) is 15.2 Å². The summed E-state index contributed by atoms with van der Waals surface area (Å²) in [4.78, 5) is 30.0. The van der Waals surface area contributed by atoms with Gasteiger partial charge in [0.25, 0.3) is 5.91 Å². The fourth-order valence-corrected chi connectivity index (χ4v) is 2.84. The maximum Gasteiger partial charge on any atom is 0.407 e. The Morgan fingerprint density at radius 3 is 2.57 bits per heavy atom. The number of halogens is 1. The molecular weight excluding hydrogens is 362 g/mol. The van der Waals surface area contributed by atoms with Crippen LogP contribution < -0.4 is 5.32 Å². The number of nitrogens with zero attached hydrogens (tertiary/aromatic N) is 2. The summed E-state index contributed by atoms with van der Waals surface area (Å²) < 4.78 is 5.95. The van der Waals surface area contributed by atoms with Crippen molar-refractivity contribution in [2.75, 3.05) is 13.1 Å². The molecule has 0 radical (unpaired) electrons. The molecule has 6 nitrogen and oxygen atoms in total. The first kappa shape index (κ1) is 17.7. The van der Waals surface area contributed by atoms with E-state index in [1.165, 1.54) is 0 Å². The molecule has 0 saturated carbocycles. The summed E-state index contributed by atoms with van der Waals surface area (Å²) in [6.45, 7) is 6.71. The Morgan fingerprint density at radius 2 is 2.00 bits per heavy atom. The van der Waals surface area contributed by atoms with Crippen molar-refractivity contribution in [1.29, 1.82) is 0 Å². The van der Waals surface area contributed by atoms with Crippen LogP contribution in [-0.4, -0.2) is 46.6 Å². The Morgan fingerprint density at radius 1 is 1.35 bits per heavy atom. The van der Waals surface area contributed by atoms with Crippen molar-refractivity contribution < 1.29 is 14.3 Å². The molecule has 0 atom stereocenters. The van der Waals surface area contributed by atoms with E-state index in [0.717, 1.165) is 0 Å². The number of amides is 2. The van der Waals surface area contributed by atoms with Gasteiger partial charge in [-0.15, -0.1) is 0 Å². The van der Waals surface area contributed by atoms with Gasteiger partial charge in [-0.1, -0.05) is 0 Å². The molecule has 1 fully saturated rings. The summed E-state index contributed by atoms with van der Waals surface area (Å²) in [5.41, 5.74) is 0.104. The summed E-state index contributed by atoms with van der Waals surface area (Å²) in [7, 11) is 0. The summed E-state index contributed by atoms with van der Waals surface area (Å²) in [5, 5.41) is 2.87. The topological polar surface area (TPSA) is 71.5 Å². The van der Waals surface area contributed by atoms with Crippen LogP contribution in [0.1, 0.15) is 44.0 Å². The molecule has 23 heavy (non-hydrogen) atoms. The summed E-state index contributed by atoms with van der Waals surface area (Å²) in [6.07, 6.45) is 4.25. The van der Waals surface area contributed by atoms with Crippen molar-refractivity contribution in [3.05, 3.63) is 28.5 Å². The second-order valence-electron chi connectivity index (χ2n) is 6.57. The quantitative estimate of drug-likeness (QED) is 0.851. The van der Waals surface area contributed by atoms with Crippen LogP contribution >= 0.6 is 15.9 Å². The van der Waals surface area contributed by atoms with Crippen LogP contribution in [0.25, 0.3) is 0 Å². The predicted octanol–water partition coefficient (Wildman–Crippen LogP) is 2.97. The minimum atomic E-state index is -0.506. The largest absolute Gasteiger partial charge is 0.444 e. The van der Waals surface area contributed by atoms with Crippen LogP contribution in [0.15, 0.2) is 22.9 Å². The maximum absolute atomic E-state index is 12.5. The van der Waals surface area contributed by atoms with Gasteiger partial charge in [0.05, 0.1) is 5.56 Å². The second-order valence-corrected chi connectivity index (χ2v) is 7.42. The van der Waals surface area contributed by atoms with Crippen LogP contribution in [0.4, 0.5) is 4.79 Å². The van der Waals surface area contributed by atoms with Gasteiger partial charge in [0.15, 0.2) is 0 Å². The average molecular weight is 384 g/mol. The zero-order valence-electron chi connectivity index (χ0n) is 13.6. The molecule has 2 heterocycles. The Balaban J connectivity index is 1.85. The number of hydrogen-bond donors (Lipinski definition) is 1. The van der Waals surface area contributed by atoms with Crippen molar-refractivity contribution in [2.45, 2.75) is 45.3 Å².